The van der Waals surface area contributed by atoms with Gasteiger partial charge in [-0.25, -0.2) is 0 Å². The van der Waals surface area contributed by atoms with E-state index in [4.69, 9.17) is 4.74 Å². The van der Waals surface area contributed by atoms with Crippen molar-refractivity contribution in [3.63, 3.8) is 0 Å². The molecule has 19 heavy (non-hydrogen) atoms. The zero-order valence-electron chi connectivity index (χ0n) is 9.81. The lowest BCUT2D eigenvalue weighted by molar-refractivity contribution is -0.275. The average molecular weight is 300 g/mol. The van der Waals surface area contributed by atoms with Crippen LogP contribution in [0.3, 0.4) is 0 Å². The first-order valence-electron chi connectivity index (χ1n) is 4.99. The third kappa shape index (κ3) is 6.87. The van der Waals surface area contributed by atoms with Gasteiger partial charge in [-0.1, -0.05) is 12.1 Å². The number of hydrogen-bond acceptors (Lipinski definition) is 5. The van der Waals surface area contributed by atoms with Crippen molar-refractivity contribution in [2.24, 2.45) is 0 Å². The molecule has 0 aromatic heterocycles. The molecule has 0 amide bonds. The van der Waals surface area contributed by atoms with Crippen molar-refractivity contribution in [2.45, 2.75) is 6.36 Å². The fraction of sp³-hybridized carbons (Fsp3) is 0.400. The van der Waals surface area contributed by atoms with E-state index >= 15 is 0 Å². The van der Waals surface area contributed by atoms with Crippen molar-refractivity contribution in [1.82, 2.24) is 0 Å². The zero-order chi connectivity index (χ0) is 14.5. The van der Waals surface area contributed by atoms with Gasteiger partial charge in [-0.2, -0.15) is 8.42 Å². The monoisotopic (exact) mass is 300 g/mol. The summed E-state index contributed by atoms with van der Waals surface area (Å²) in [7, 11) is -3.61. The molecule has 0 atom stereocenters. The molecule has 9 heteroatoms. The summed E-state index contributed by atoms with van der Waals surface area (Å²) in [6.07, 6.45) is -3.98. The number of ether oxygens (including phenoxy) is 2. The van der Waals surface area contributed by atoms with Gasteiger partial charge in [0.15, 0.2) is 11.5 Å². The maximum atomic E-state index is 12.1. The maximum absolute atomic E-state index is 12.1. The quantitative estimate of drug-likeness (QED) is 0.593. The molecule has 0 aliphatic rings. The summed E-state index contributed by atoms with van der Waals surface area (Å²) in [6.45, 7) is -0.537. The standard InChI is InChI=1S/C10H11F3O5S/c1-19(14,15)17-7-6-16-8-4-2-3-5-9(8)18-10(11,12)13/h2-5H,6-7H2,1H3. The molecule has 0 fully saturated rings. The van der Waals surface area contributed by atoms with Crippen LogP contribution in [0, 0.1) is 0 Å². The highest BCUT2D eigenvalue weighted by molar-refractivity contribution is 7.85. The lowest BCUT2D eigenvalue weighted by atomic mass is 10.3. The third-order valence-electron chi connectivity index (χ3n) is 1.71. The lowest BCUT2D eigenvalue weighted by Gasteiger charge is -2.13. The minimum absolute atomic E-state index is 0.156. The van der Waals surface area contributed by atoms with E-state index in [1.807, 2.05) is 0 Å². The van der Waals surface area contributed by atoms with E-state index in [0.717, 1.165) is 12.3 Å². The van der Waals surface area contributed by atoms with Gasteiger partial charge in [0.1, 0.15) is 13.2 Å². The Balaban J connectivity index is 2.58. The van der Waals surface area contributed by atoms with Crippen LogP contribution in [-0.2, 0) is 14.3 Å². The largest absolute Gasteiger partial charge is 0.573 e. The number of benzene rings is 1. The summed E-state index contributed by atoms with van der Waals surface area (Å²) in [4.78, 5) is 0. The summed E-state index contributed by atoms with van der Waals surface area (Å²) < 4.78 is 70.6. The van der Waals surface area contributed by atoms with Crippen molar-refractivity contribution >= 4 is 10.1 Å². The van der Waals surface area contributed by atoms with Crippen molar-refractivity contribution in [2.75, 3.05) is 19.5 Å². The molecular formula is C10H11F3O5S. The van der Waals surface area contributed by atoms with Gasteiger partial charge in [0, 0.05) is 0 Å². The Kier molecular flexibility index (Phi) is 5.01. The van der Waals surface area contributed by atoms with Gasteiger partial charge >= 0.3 is 6.36 Å². The first kappa shape index (κ1) is 15.6. The molecule has 0 N–H and O–H groups in total. The van der Waals surface area contributed by atoms with E-state index in [9.17, 15) is 21.6 Å². The Morgan fingerprint density at radius 2 is 1.68 bits per heavy atom. The molecule has 108 valence electrons. The Morgan fingerprint density at radius 1 is 1.11 bits per heavy atom. The highest BCUT2D eigenvalue weighted by atomic mass is 32.2. The van der Waals surface area contributed by atoms with Crippen molar-refractivity contribution in [3.8, 4) is 11.5 Å². The van der Waals surface area contributed by atoms with Gasteiger partial charge in [-0.3, -0.25) is 4.18 Å². The Bertz CT molecular complexity index is 512. The molecular weight excluding hydrogens is 289 g/mol. The zero-order valence-corrected chi connectivity index (χ0v) is 10.6. The molecule has 0 spiro atoms. The Labute approximate surface area is 108 Å². The smallest absolute Gasteiger partial charge is 0.487 e. The number of para-hydroxylation sites is 2. The van der Waals surface area contributed by atoms with Crippen LogP contribution >= 0.6 is 0 Å². The van der Waals surface area contributed by atoms with E-state index in [2.05, 4.69) is 8.92 Å². The van der Waals surface area contributed by atoms with Gasteiger partial charge in [-0.15, -0.1) is 13.2 Å². The maximum Gasteiger partial charge on any atom is 0.573 e. The molecule has 1 aromatic rings. The molecule has 0 aliphatic heterocycles. The van der Waals surface area contributed by atoms with E-state index in [1.165, 1.54) is 18.2 Å². The molecule has 0 aliphatic carbocycles. The van der Waals surface area contributed by atoms with E-state index in [1.54, 1.807) is 0 Å². The van der Waals surface area contributed by atoms with Crippen molar-refractivity contribution in [3.05, 3.63) is 24.3 Å². The molecule has 0 heterocycles. The Hall–Kier alpha value is -1.48. The fourth-order valence-corrected chi connectivity index (χ4v) is 1.49. The summed E-state index contributed by atoms with van der Waals surface area (Å²) >= 11 is 0. The van der Waals surface area contributed by atoms with Gasteiger partial charge < -0.3 is 9.47 Å². The lowest BCUT2D eigenvalue weighted by Crippen LogP contribution is -2.18. The van der Waals surface area contributed by atoms with E-state index < -0.39 is 22.2 Å². The van der Waals surface area contributed by atoms with Crippen LogP contribution in [0.1, 0.15) is 0 Å². The molecule has 1 aromatic carbocycles. The van der Waals surface area contributed by atoms with E-state index in [0.29, 0.717) is 0 Å². The van der Waals surface area contributed by atoms with Crippen molar-refractivity contribution in [1.29, 1.82) is 0 Å². The van der Waals surface area contributed by atoms with Crippen LogP contribution in [0.4, 0.5) is 13.2 Å². The van der Waals surface area contributed by atoms with Crippen LogP contribution in [0.5, 0.6) is 11.5 Å². The molecule has 0 saturated heterocycles. The average Bonchev–Trinajstić information content (AvgIpc) is 2.23. The van der Waals surface area contributed by atoms with Gasteiger partial charge in [0.25, 0.3) is 10.1 Å². The predicted octanol–water partition coefficient (Wildman–Crippen LogP) is 1.94. The third-order valence-corrected chi connectivity index (χ3v) is 2.31. The number of halogens is 3. The number of hydrogen-bond donors (Lipinski definition) is 0. The predicted molar refractivity (Wildman–Crippen MR) is 59.4 cm³/mol. The molecule has 5 nitrogen and oxygen atoms in total. The van der Waals surface area contributed by atoms with Gasteiger partial charge in [0.05, 0.1) is 6.26 Å². The van der Waals surface area contributed by atoms with Crippen molar-refractivity contribution < 1.29 is 35.2 Å². The second kappa shape index (κ2) is 6.11. The first-order chi connectivity index (χ1) is 8.67. The minimum Gasteiger partial charge on any atom is -0.487 e. The number of alkyl halides is 3. The number of rotatable bonds is 6. The SMILES string of the molecule is CS(=O)(=O)OCCOc1ccccc1OC(F)(F)F. The fourth-order valence-electron chi connectivity index (χ4n) is 1.12. The summed E-state index contributed by atoms with van der Waals surface area (Å²) in [6, 6.07) is 5.15. The van der Waals surface area contributed by atoms with Crippen LogP contribution in [0.15, 0.2) is 24.3 Å². The van der Waals surface area contributed by atoms with Gasteiger partial charge in [-0.05, 0) is 12.1 Å². The van der Waals surface area contributed by atoms with Gasteiger partial charge in [0.2, 0.25) is 0 Å². The van der Waals surface area contributed by atoms with E-state index in [-0.39, 0.29) is 19.0 Å². The van der Waals surface area contributed by atoms with Crippen LogP contribution in [0.2, 0.25) is 0 Å². The summed E-state index contributed by atoms with van der Waals surface area (Å²) in [5.74, 6) is -0.661. The minimum atomic E-state index is -4.83. The first-order valence-corrected chi connectivity index (χ1v) is 6.81. The molecule has 0 saturated carbocycles. The second-order valence-electron chi connectivity index (χ2n) is 3.37. The summed E-state index contributed by atoms with van der Waals surface area (Å²) in [5, 5.41) is 0. The van der Waals surface area contributed by atoms with Crippen LogP contribution in [0.25, 0.3) is 0 Å². The normalized spacial score (nSPS) is 12.2. The van der Waals surface area contributed by atoms with Crippen LogP contribution in [-0.4, -0.2) is 34.2 Å². The summed E-state index contributed by atoms with van der Waals surface area (Å²) in [5.41, 5.74) is 0. The van der Waals surface area contributed by atoms with Crippen LogP contribution < -0.4 is 9.47 Å². The molecule has 1 rings (SSSR count). The molecule has 0 radical (unpaired) electrons. The topological polar surface area (TPSA) is 61.8 Å². The highest BCUT2D eigenvalue weighted by Gasteiger charge is 2.32. The Morgan fingerprint density at radius 3 is 2.21 bits per heavy atom. The highest BCUT2D eigenvalue weighted by Crippen LogP contribution is 2.31. The molecule has 0 bridgehead atoms. The molecule has 0 unspecified atom stereocenters. The second-order valence-corrected chi connectivity index (χ2v) is 5.01.